The molecule has 2 heterocycles. The summed E-state index contributed by atoms with van der Waals surface area (Å²) in [5.41, 5.74) is 1.12. The summed E-state index contributed by atoms with van der Waals surface area (Å²) in [7, 11) is 0. The second-order valence-corrected chi connectivity index (χ2v) is 4.87. The standard InChI is InChI=1S/C14H13F3N4O2/c1-2-21-12-11(20-13(21)22)18-7-10(19-12)8-3-5-9(6-4-8)23-14(15,16)17/h3-7,11,18H,2H2,1H3,(H,20,22). The Bertz CT molecular complexity index is 682. The Kier molecular flexibility index (Phi) is 3.63. The van der Waals surface area contributed by atoms with Gasteiger partial charge in [0.2, 0.25) is 0 Å². The zero-order valence-corrected chi connectivity index (χ0v) is 12.0. The van der Waals surface area contributed by atoms with Crippen molar-refractivity contribution in [3.63, 3.8) is 0 Å². The highest BCUT2D eigenvalue weighted by Crippen LogP contribution is 2.26. The SMILES string of the molecule is CCN1C(=O)NC2NC=C(c3ccc(OC(F)(F)F)cc3)N=C21. The number of fused-ring (bicyclic) bond motifs is 1. The number of carbonyl (C=O) groups is 1. The molecule has 9 heteroatoms. The Morgan fingerprint density at radius 3 is 2.61 bits per heavy atom. The number of ether oxygens (including phenoxy) is 1. The molecule has 2 N–H and O–H groups in total. The fourth-order valence-electron chi connectivity index (χ4n) is 2.37. The van der Waals surface area contributed by atoms with E-state index in [9.17, 15) is 18.0 Å². The Morgan fingerprint density at radius 2 is 2.00 bits per heavy atom. The fourth-order valence-corrected chi connectivity index (χ4v) is 2.37. The van der Waals surface area contributed by atoms with Crippen molar-refractivity contribution >= 4 is 17.6 Å². The van der Waals surface area contributed by atoms with E-state index in [1.165, 1.54) is 29.2 Å². The summed E-state index contributed by atoms with van der Waals surface area (Å²) in [4.78, 5) is 17.6. The summed E-state index contributed by atoms with van der Waals surface area (Å²) in [5.74, 6) is 0.231. The van der Waals surface area contributed by atoms with E-state index >= 15 is 0 Å². The van der Waals surface area contributed by atoms with Gasteiger partial charge in [0.05, 0.1) is 5.70 Å². The first-order chi connectivity index (χ1) is 10.9. The van der Waals surface area contributed by atoms with Gasteiger partial charge in [-0.25, -0.2) is 9.79 Å². The van der Waals surface area contributed by atoms with E-state index in [0.717, 1.165) is 0 Å². The van der Waals surface area contributed by atoms with E-state index < -0.39 is 6.36 Å². The van der Waals surface area contributed by atoms with E-state index in [-0.39, 0.29) is 17.9 Å². The number of nitrogens with one attached hydrogen (secondary N) is 2. The average Bonchev–Trinajstić information content (AvgIpc) is 2.80. The van der Waals surface area contributed by atoms with Gasteiger partial charge in [0.15, 0.2) is 12.0 Å². The van der Waals surface area contributed by atoms with Crippen molar-refractivity contribution < 1.29 is 22.7 Å². The van der Waals surface area contributed by atoms with E-state index in [2.05, 4.69) is 20.4 Å². The molecule has 2 amide bonds. The van der Waals surface area contributed by atoms with Crippen LogP contribution in [-0.2, 0) is 0 Å². The second-order valence-electron chi connectivity index (χ2n) is 4.87. The van der Waals surface area contributed by atoms with Crippen LogP contribution < -0.4 is 15.4 Å². The monoisotopic (exact) mass is 326 g/mol. The molecule has 0 spiro atoms. The van der Waals surface area contributed by atoms with Crippen molar-refractivity contribution in [3.8, 4) is 5.75 Å². The molecule has 6 nitrogen and oxygen atoms in total. The third-order valence-electron chi connectivity index (χ3n) is 3.37. The number of halogens is 3. The molecule has 0 aromatic heterocycles. The van der Waals surface area contributed by atoms with Crippen LogP contribution in [0.1, 0.15) is 12.5 Å². The largest absolute Gasteiger partial charge is 0.573 e. The lowest BCUT2D eigenvalue weighted by Crippen LogP contribution is -2.42. The summed E-state index contributed by atoms with van der Waals surface area (Å²) >= 11 is 0. The first-order valence-electron chi connectivity index (χ1n) is 6.86. The van der Waals surface area contributed by atoms with Gasteiger partial charge in [-0.3, -0.25) is 4.90 Å². The van der Waals surface area contributed by atoms with Gasteiger partial charge in [-0.1, -0.05) is 0 Å². The van der Waals surface area contributed by atoms with Gasteiger partial charge >= 0.3 is 12.4 Å². The molecule has 2 aliphatic rings. The molecule has 1 saturated heterocycles. The summed E-state index contributed by atoms with van der Waals surface area (Å²) in [5, 5.41) is 5.72. The van der Waals surface area contributed by atoms with Crippen molar-refractivity contribution in [1.82, 2.24) is 15.5 Å². The maximum absolute atomic E-state index is 12.2. The van der Waals surface area contributed by atoms with Crippen LogP contribution in [0.5, 0.6) is 5.75 Å². The number of alkyl halides is 3. The molecule has 122 valence electrons. The van der Waals surface area contributed by atoms with E-state index in [4.69, 9.17) is 0 Å². The van der Waals surface area contributed by atoms with Crippen LogP contribution in [0.4, 0.5) is 18.0 Å². The van der Waals surface area contributed by atoms with Crippen molar-refractivity contribution in [2.75, 3.05) is 6.54 Å². The molecule has 1 atom stereocenters. The molecule has 1 fully saturated rings. The first kappa shape index (κ1) is 15.2. The minimum atomic E-state index is -4.72. The van der Waals surface area contributed by atoms with E-state index in [1.807, 2.05) is 6.92 Å². The lowest BCUT2D eigenvalue weighted by atomic mass is 10.1. The Morgan fingerprint density at radius 1 is 1.30 bits per heavy atom. The number of hydrogen-bond donors (Lipinski definition) is 2. The predicted octanol–water partition coefficient (Wildman–Crippen LogP) is 2.26. The van der Waals surface area contributed by atoms with Crippen LogP contribution in [-0.4, -0.2) is 35.8 Å². The molecule has 0 radical (unpaired) electrons. The summed E-state index contributed by atoms with van der Waals surface area (Å²) in [6.45, 7) is 2.29. The lowest BCUT2D eigenvalue weighted by molar-refractivity contribution is -0.274. The van der Waals surface area contributed by atoms with Crippen molar-refractivity contribution in [3.05, 3.63) is 36.0 Å². The summed E-state index contributed by atoms with van der Waals surface area (Å²) < 4.78 is 40.3. The minimum Gasteiger partial charge on any atom is -0.406 e. The number of urea groups is 1. The Balaban J connectivity index is 1.81. The normalized spacial score (nSPS) is 20.3. The molecular weight excluding hydrogens is 313 g/mol. The smallest absolute Gasteiger partial charge is 0.406 e. The molecule has 1 aromatic carbocycles. The van der Waals surface area contributed by atoms with Crippen molar-refractivity contribution in [2.24, 2.45) is 4.99 Å². The predicted molar refractivity (Wildman–Crippen MR) is 76.4 cm³/mol. The molecular formula is C14H13F3N4O2. The highest BCUT2D eigenvalue weighted by atomic mass is 19.4. The third-order valence-corrected chi connectivity index (χ3v) is 3.37. The zero-order chi connectivity index (χ0) is 16.6. The van der Waals surface area contributed by atoms with E-state index in [1.54, 1.807) is 6.20 Å². The highest BCUT2D eigenvalue weighted by molar-refractivity contribution is 6.09. The van der Waals surface area contributed by atoms with Crippen molar-refractivity contribution in [2.45, 2.75) is 19.5 Å². The number of amides is 2. The fraction of sp³-hybridized carbons (Fsp3) is 0.286. The molecule has 3 rings (SSSR count). The number of aliphatic imine (C=N–C) groups is 1. The molecule has 0 saturated carbocycles. The van der Waals surface area contributed by atoms with Gasteiger partial charge in [0.1, 0.15) is 5.75 Å². The number of nitrogens with zero attached hydrogens (tertiary/aromatic N) is 2. The van der Waals surface area contributed by atoms with Gasteiger partial charge in [-0.05, 0) is 31.2 Å². The zero-order valence-electron chi connectivity index (χ0n) is 12.0. The topological polar surface area (TPSA) is 66.0 Å². The maximum Gasteiger partial charge on any atom is 0.573 e. The van der Waals surface area contributed by atoms with Crippen LogP contribution in [0, 0.1) is 0 Å². The average molecular weight is 326 g/mol. The first-order valence-corrected chi connectivity index (χ1v) is 6.86. The van der Waals surface area contributed by atoms with Gasteiger partial charge < -0.3 is 15.4 Å². The quantitative estimate of drug-likeness (QED) is 0.895. The van der Waals surface area contributed by atoms with Crippen molar-refractivity contribution in [1.29, 1.82) is 0 Å². The molecule has 23 heavy (non-hydrogen) atoms. The molecule has 0 bridgehead atoms. The minimum absolute atomic E-state index is 0.243. The number of rotatable bonds is 3. The summed E-state index contributed by atoms with van der Waals surface area (Å²) in [6.07, 6.45) is -3.51. The van der Waals surface area contributed by atoms with Crippen LogP contribution >= 0.6 is 0 Å². The molecule has 0 aliphatic carbocycles. The van der Waals surface area contributed by atoms with Crippen LogP contribution in [0.2, 0.25) is 0 Å². The number of hydrogen-bond acceptors (Lipinski definition) is 4. The maximum atomic E-state index is 12.2. The Labute approximate surface area is 129 Å². The summed E-state index contributed by atoms with van der Waals surface area (Å²) in [6, 6.07) is 5.13. The van der Waals surface area contributed by atoms with Gasteiger partial charge in [-0.15, -0.1) is 13.2 Å². The third kappa shape index (κ3) is 3.08. The van der Waals surface area contributed by atoms with Crippen LogP contribution in [0.25, 0.3) is 5.70 Å². The van der Waals surface area contributed by atoms with Crippen LogP contribution in [0.15, 0.2) is 35.5 Å². The second kappa shape index (κ2) is 5.49. The van der Waals surface area contributed by atoms with Gasteiger partial charge in [-0.2, -0.15) is 0 Å². The number of amidine groups is 1. The van der Waals surface area contributed by atoms with Crippen LogP contribution in [0.3, 0.4) is 0 Å². The van der Waals surface area contributed by atoms with Gasteiger partial charge in [0.25, 0.3) is 0 Å². The van der Waals surface area contributed by atoms with Gasteiger partial charge in [0, 0.05) is 18.3 Å². The number of likely N-dealkylation sites (N-methyl/N-ethyl adjacent to an activating group) is 1. The number of benzene rings is 1. The molecule has 2 aliphatic heterocycles. The molecule has 1 unspecified atom stereocenters. The van der Waals surface area contributed by atoms with E-state index in [0.29, 0.717) is 23.6 Å². The molecule has 1 aromatic rings. The lowest BCUT2D eigenvalue weighted by Gasteiger charge is -2.20. The number of carbonyl (C=O) groups excluding carboxylic acids is 1. The Hall–Kier alpha value is -2.71. The highest BCUT2D eigenvalue weighted by Gasteiger charge is 2.36.